The van der Waals surface area contributed by atoms with Gasteiger partial charge in [-0.15, -0.1) is 0 Å². The number of aryl methyl sites for hydroxylation is 2. The molecule has 0 saturated heterocycles. The van der Waals surface area contributed by atoms with E-state index in [1.165, 1.54) is 6.26 Å². The molecule has 2 aromatic rings. The van der Waals surface area contributed by atoms with Gasteiger partial charge in [-0.1, -0.05) is 12.1 Å². The first-order chi connectivity index (χ1) is 8.15. The fourth-order valence-corrected chi connectivity index (χ4v) is 1.49. The molecule has 4 nitrogen and oxygen atoms in total. The van der Waals surface area contributed by atoms with Crippen LogP contribution in [0.2, 0.25) is 0 Å². The van der Waals surface area contributed by atoms with Gasteiger partial charge in [-0.2, -0.15) is 0 Å². The molecule has 1 heterocycles. The summed E-state index contributed by atoms with van der Waals surface area (Å²) < 4.78 is 5.02. The van der Waals surface area contributed by atoms with Gasteiger partial charge in [0.15, 0.2) is 0 Å². The maximum absolute atomic E-state index is 11.7. The first-order valence-electron chi connectivity index (χ1n) is 5.34. The number of furan rings is 1. The fraction of sp³-hybridized carbons (Fsp3) is 0.154. The van der Waals surface area contributed by atoms with Crippen LogP contribution in [0.4, 0.5) is 16.4 Å². The van der Waals surface area contributed by atoms with Crippen molar-refractivity contribution in [2.24, 2.45) is 0 Å². The molecule has 0 spiro atoms. The SMILES string of the molecule is Cc1ccc(C)c(NC(=O)Nc2ccco2)c1. The molecular weight excluding hydrogens is 216 g/mol. The summed E-state index contributed by atoms with van der Waals surface area (Å²) in [5.41, 5.74) is 2.92. The number of carbonyl (C=O) groups is 1. The molecule has 0 aliphatic rings. The minimum absolute atomic E-state index is 0.311. The van der Waals surface area contributed by atoms with Gasteiger partial charge in [0, 0.05) is 11.8 Å². The Morgan fingerprint density at radius 2 is 2.00 bits per heavy atom. The summed E-state index contributed by atoms with van der Waals surface area (Å²) in [4.78, 5) is 11.7. The molecule has 0 unspecified atom stereocenters. The third kappa shape index (κ3) is 2.87. The van der Waals surface area contributed by atoms with Crippen LogP contribution in [-0.2, 0) is 0 Å². The molecule has 2 N–H and O–H groups in total. The summed E-state index contributed by atoms with van der Waals surface area (Å²) in [5, 5.41) is 5.38. The van der Waals surface area contributed by atoms with Gasteiger partial charge >= 0.3 is 6.03 Å². The third-order valence-corrected chi connectivity index (χ3v) is 2.40. The molecule has 0 saturated carbocycles. The van der Waals surface area contributed by atoms with Crippen LogP contribution in [0.15, 0.2) is 41.0 Å². The summed E-state index contributed by atoms with van der Waals surface area (Å²) >= 11 is 0. The fourth-order valence-electron chi connectivity index (χ4n) is 1.49. The van der Waals surface area contributed by atoms with E-state index in [-0.39, 0.29) is 6.03 Å². The molecule has 2 rings (SSSR count). The zero-order valence-electron chi connectivity index (χ0n) is 9.78. The predicted octanol–water partition coefficient (Wildman–Crippen LogP) is 3.54. The topological polar surface area (TPSA) is 54.3 Å². The lowest BCUT2D eigenvalue weighted by atomic mass is 10.1. The molecule has 0 fully saturated rings. The summed E-state index contributed by atoms with van der Waals surface area (Å²) in [5.74, 6) is 0.424. The molecule has 0 bridgehead atoms. The number of anilines is 2. The van der Waals surface area contributed by atoms with Crippen molar-refractivity contribution < 1.29 is 9.21 Å². The number of rotatable bonds is 2. The van der Waals surface area contributed by atoms with Gasteiger partial charge in [0.1, 0.15) is 0 Å². The van der Waals surface area contributed by atoms with Gasteiger partial charge in [-0.05, 0) is 37.1 Å². The van der Waals surface area contributed by atoms with E-state index in [4.69, 9.17) is 4.42 Å². The smallest absolute Gasteiger partial charge is 0.326 e. The van der Waals surface area contributed by atoms with Crippen molar-refractivity contribution in [1.29, 1.82) is 0 Å². The molecule has 0 aliphatic carbocycles. The van der Waals surface area contributed by atoms with Crippen LogP contribution in [0, 0.1) is 13.8 Å². The standard InChI is InChI=1S/C13H14N2O2/c1-9-5-6-10(2)11(8-9)14-13(16)15-12-4-3-7-17-12/h3-8H,1-2H3,(H2,14,15,16). The normalized spacial score (nSPS) is 10.0. The van der Waals surface area contributed by atoms with Crippen molar-refractivity contribution in [3.63, 3.8) is 0 Å². The van der Waals surface area contributed by atoms with Gasteiger partial charge in [-0.25, -0.2) is 4.79 Å². The Kier molecular flexibility index (Phi) is 3.14. The molecular formula is C13H14N2O2. The molecule has 0 atom stereocenters. The Hall–Kier alpha value is -2.23. The minimum atomic E-state index is -0.311. The van der Waals surface area contributed by atoms with Crippen LogP contribution in [0.3, 0.4) is 0 Å². The number of hydrogen-bond acceptors (Lipinski definition) is 2. The van der Waals surface area contributed by atoms with Crippen molar-refractivity contribution in [3.05, 3.63) is 47.7 Å². The number of urea groups is 1. The second-order valence-electron chi connectivity index (χ2n) is 3.87. The third-order valence-electron chi connectivity index (χ3n) is 2.40. The monoisotopic (exact) mass is 230 g/mol. The molecule has 4 heteroatoms. The highest BCUT2D eigenvalue weighted by Crippen LogP contribution is 2.16. The van der Waals surface area contributed by atoms with Gasteiger partial charge < -0.3 is 9.73 Å². The number of benzene rings is 1. The highest BCUT2D eigenvalue weighted by Gasteiger charge is 2.06. The van der Waals surface area contributed by atoms with E-state index in [0.29, 0.717) is 5.88 Å². The Morgan fingerprint density at radius 3 is 2.71 bits per heavy atom. The predicted molar refractivity (Wildman–Crippen MR) is 67.3 cm³/mol. The lowest BCUT2D eigenvalue weighted by molar-refractivity contribution is 0.261. The summed E-state index contributed by atoms with van der Waals surface area (Å²) in [6, 6.07) is 8.99. The molecule has 0 radical (unpaired) electrons. The Balaban J connectivity index is 2.05. The lowest BCUT2D eigenvalue weighted by Crippen LogP contribution is -2.19. The maximum atomic E-state index is 11.7. The van der Waals surface area contributed by atoms with Gasteiger partial charge in [-0.3, -0.25) is 5.32 Å². The average molecular weight is 230 g/mol. The Bertz CT molecular complexity index is 518. The molecule has 17 heavy (non-hydrogen) atoms. The minimum Gasteiger partial charge on any atom is -0.449 e. The zero-order chi connectivity index (χ0) is 12.3. The van der Waals surface area contributed by atoms with E-state index in [1.54, 1.807) is 12.1 Å². The van der Waals surface area contributed by atoms with Gasteiger partial charge in [0.05, 0.1) is 6.26 Å². The van der Waals surface area contributed by atoms with Crippen molar-refractivity contribution in [2.45, 2.75) is 13.8 Å². The maximum Gasteiger partial charge on any atom is 0.326 e. The number of hydrogen-bond donors (Lipinski definition) is 2. The number of nitrogens with one attached hydrogen (secondary N) is 2. The van der Waals surface area contributed by atoms with Crippen LogP contribution < -0.4 is 10.6 Å². The van der Waals surface area contributed by atoms with Crippen LogP contribution in [0.25, 0.3) is 0 Å². The largest absolute Gasteiger partial charge is 0.449 e. The van der Waals surface area contributed by atoms with E-state index in [2.05, 4.69) is 10.6 Å². The van der Waals surface area contributed by atoms with Gasteiger partial charge in [0.2, 0.25) is 5.88 Å². The Labute approximate surface area is 99.6 Å². The quantitative estimate of drug-likeness (QED) is 0.829. The van der Waals surface area contributed by atoms with E-state index >= 15 is 0 Å². The van der Waals surface area contributed by atoms with Crippen molar-refractivity contribution in [2.75, 3.05) is 10.6 Å². The molecule has 88 valence electrons. The number of carbonyl (C=O) groups excluding carboxylic acids is 1. The van der Waals surface area contributed by atoms with E-state index < -0.39 is 0 Å². The van der Waals surface area contributed by atoms with Crippen LogP contribution in [0.5, 0.6) is 0 Å². The van der Waals surface area contributed by atoms with Crippen molar-refractivity contribution in [1.82, 2.24) is 0 Å². The molecule has 0 aliphatic heterocycles. The summed E-state index contributed by atoms with van der Waals surface area (Å²) in [6.45, 7) is 3.93. The van der Waals surface area contributed by atoms with E-state index in [1.807, 2.05) is 32.0 Å². The van der Waals surface area contributed by atoms with Crippen LogP contribution >= 0.6 is 0 Å². The van der Waals surface area contributed by atoms with Crippen molar-refractivity contribution >= 4 is 17.6 Å². The Morgan fingerprint density at radius 1 is 1.18 bits per heavy atom. The van der Waals surface area contributed by atoms with Crippen molar-refractivity contribution in [3.8, 4) is 0 Å². The zero-order valence-corrected chi connectivity index (χ0v) is 9.78. The van der Waals surface area contributed by atoms with E-state index in [9.17, 15) is 4.79 Å². The molecule has 1 aromatic carbocycles. The van der Waals surface area contributed by atoms with Gasteiger partial charge in [0.25, 0.3) is 0 Å². The number of amides is 2. The average Bonchev–Trinajstić information content (AvgIpc) is 2.76. The molecule has 2 amide bonds. The first-order valence-corrected chi connectivity index (χ1v) is 5.34. The van der Waals surface area contributed by atoms with E-state index in [0.717, 1.165) is 16.8 Å². The molecule has 1 aromatic heterocycles. The second kappa shape index (κ2) is 4.74. The first kappa shape index (κ1) is 11.3. The summed E-state index contributed by atoms with van der Waals surface area (Å²) in [7, 11) is 0. The highest BCUT2D eigenvalue weighted by molar-refractivity contribution is 5.99. The van der Waals surface area contributed by atoms with Crippen LogP contribution in [-0.4, -0.2) is 6.03 Å². The highest BCUT2D eigenvalue weighted by atomic mass is 16.3. The van der Waals surface area contributed by atoms with Crippen LogP contribution in [0.1, 0.15) is 11.1 Å². The summed E-state index contributed by atoms with van der Waals surface area (Å²) in [6.07, 6.45) is 1.51. The second-order valence-corrected chi connectivity index (χ2v) is 3.87. The lowest BCUT2D eigenvalue weighted by Gasteiger charge is -2.09.